The van der Waals surface area contributed by atoms with Crippen molar-refractivity contribution in [2.24, 2.45) is 0 Å². The monoisotopic (exact) mass is 582 g/mol. The van der Waals surface area contributed by atoms with Gasteiger partial charge in [0.15, 0.2) is 0 Å². The van der Waals surface area contributed by atoms with Crippen molar-refractivity contribution in [1.29, 1.82) is 0 Å². The molecule has 41 heavy (non-hydrogen) atoms. The number of nitrogens with zero attached hydrogens (tertiary/aromatic N) is 3. The van der Waals surface area contributed by atoms with Crippen LogP contribution in [0.15, 0.2) is 78.9 Å². The molecule has 0 spiro atoms. The van der Waals surface area contributed by atoms with Gasteiger partial charge >= 0.3 is 10.2 Å². The highest BCUT2D eigenvalue weighted by molar-refractivity contribution is 7.90. The van der Waals surface area contributed by atoms with E-state index in [4.69, 9.17) is 0 Å². The average molecular weight is 583 g/mol. The topological polar surface area (TPSA) is 90.0 Å². The van der Waals surface area contributed by atoms with E-state index in [0.29, 0.717) is 6.42 Å². The second-order valence-electron chi connectivity index (χ2n) is 10.2. The molecule has 3 rings (SSSR count). The summed E-state index contributed by atoms with van der Waals surface area (Å²) >= 11 is 0. The number of carbonyl (C=O) groups excluding carboxylic acids is 2. The Morgan fingerprint density at radius 2 is 1.54 bits per heavy atom. The first-order valence-corrected chi connectivity index (χ1v) is 15.0. The molecule has 3 aromatic rings. The van der Waals surface area contributed by atoms with E-state index in [0.717, 1.165) is 31.4 Å². The lowest BCUT2D eigenvalue weighted by Gasteiger charge is -2.35. The number of anilines is 1. The molecule has 0 fully saturated rings. The molecule has 0 aliphatic carbocycles. The number of carbonyl (C=O) groups is 2. The third-order valence-electron chi connectivity index (χ3n) is 7.01. The Bertz CT molecular complexity index is 1430. The first-order chi connectivity index (χ1) is 19.4. The minimum atomic E-state index is -4.27. The van der Waals surface area contributed by atoms with Crippen molar-refractivity contribution in [3.05, 3.63) is 101 Å². The van der Waals surface area contributed by atoms with Gasteiger partial charge in [-0.1, -0.05) is 73.7 Å². The summed E-state index contributed by atoms with van der Waals surface area (Å²) in [6.45, 7) is 5.10. The third-order valence-corrected chi connectivity index (χ3v) is 8.82. The Kier molecular flexibility index (Phi) is 11.0. The number of hydrogen-bond donors (Lipinski definition) is 1. The number of rotatable bonds is 13. The van der Waals surface area contributed by atoms with Crippen molar-refractivity contribution in [3.63, 3.8) is 0 Å². The first-order valence-electron chi connectivity index (χ1n) is 13.6. The largest absolute Gasteiger partial charge is 0.352 e. The van der Waals surface area contributed by atoms with E-state index in [-0.39, 0.29) is 30.6 Å². The predicted octanol–water partition coefficient (Wildman–Crippen LogP) is 4.30. The molecule has 0 radical (unpaired) electrons. The van der Waals surface area contributed by atoms with Crippen LogP contribution in [-0.2, 0) is 32.8 Å². The minimum absolute atomic E-state index is 0.0596. The zero-order valence-electron chi connectivity index (χ0n) is 24.2. The van der Waals surface area contributed by atoms with Crippen LogP contribution in [-0.4, -0.2) is 62.2 Å². The lowest BCUT2D eigenvalue weighted by Crippen LogP contribution is -2.55. The number of nitrogens with one attached hydrogen (secondary N) is 1. The quantitative estimate of drug-likeness (QED) is 0.326. The summed E-state index contributed by atoms with van der Waals surface area (Å²) in [6, 6.07) is 21.1. The van der Waals surface area contributed by atoms with Gasteiger partial charge in [0.2, 0.25) is 11.8 Å². The van der Waals surface area contributed by atoms with Gasteiger partial charge in [-0.2, -0.15) is 12.7 Å². The van der Waals surface area contributed by atoms with E-state index in [1.807, 2.05) is 75.4 Å². The standard InChI is InChI=1S/C31H39FN4O4S/c1-6-24(3)33-31(38)29(20-25-15-8-7-9-16-25)35(21-26-17-11-10-14-23(26)2)30(37)22-36(41(39,40)34(4)5)28-19-13-12-18-27(28)32/h7-19,24,29H,6,20-22H2,1-5H3,(H,33,38)/t24-,29+/m1/s1. The van der Waals surface area contributed by atoms with Gasteiger partial charge in [0.05, 0.1) is 5.69 Å². The molecule has 10 heteroatoms. The van der Waals surface area contributed by atoms with E-state index in [9.17, 15) is 22.4 Å². The van der Waals surface area contributed by atoms with Crippen molar-refractivity contribution in [1.82, 2.24) is 14.5 Å². The molecule has 0 aliphatic heterocycles. The van der Waals surface area contributed by atoms with Crippen LogP contribution < -0.4 is 9.62 Å². The predicted molar refractivity (Wildman–Crippen MR) is 160 cm³/mol. The molecule has 0 aromatic heterocycles. The van der Waals surface area contributed by atoms with Gasteiger partial charge in [-0.25, -0.2) is 8.70 Å². The Hall–Kier alpha value is -3.76. The van der Waals surface area contributed by atoms with Gasteiger partial charge in [-0.3, -0.25) is 9.59 Å². The molecule has 0 heterocycles. The second kappa shape index (κ2) is 14.2. The van der Waals surface area contributed by atoms with Crippen molar-refractivity contribution < 1.29 is 22.4 Å². The van der Waals surface area contributed by atoms with Gasteiger partial charge in [0.25, 0.3) is 0 Å². The summed E-state index contributed by atoms with van der Waals surface area (Å²) in [5, 5.41) is 3.00. The average Bonchev–Trinajstić information content (AvgIpc) is 2.95. The van der Waals surface area contributed by atoms with Crippen LogP contribution in [0.25, 0.3) is 0 Å². The summed E-state index contributed by atoms with van der Waals surface area (Å²) in [5.41, 5.74) is 2.31. The lowest BCUT2D eigenvalue weighted by molar-refractivity contribution is -0.140. The molecule has 0 unspecified atom stereocenters. The fraction of sp³-hybridized carbons (Fsp3) is 0.355. The number of aryl methyl sites for hydroxylation is 1. The van der Waals surface area contributed by atoms with Gasteiger partial charge in [0, 0.05) is 33.1 Å². The molecule has 3 aromatic carbocycles. The molecule has 0 saturated carbocycles. The van der Waals surface area contributed by atoms with Crippen LogP contribution >= 0.6 is 0 Å². The minimum Gasteiger partial charge on any atom is -0.352 e. The number of para-hydroxylation sites is 1. The zero-order chi connectivity index (χ0) is 30.2. The van der Waals surface area contributed by atoms with Crippen LogP contribution in [0.2, 0.25) is 0 Å². The molecule has 0 saturated heterocycles. The normalized spacial score (nSPS) is 13.0. The van der Waals surface area contributed by atoms with Crippen molar-refractivity contribution >= 4 is 27.7 Å². The molecule has 2 amide bonds. The summed E-state index contributed by atoms with van der Waals surface area (Å²) in [4.78, 5) is 29.4. The van der Waals surface area contributed by atoms with Crippen molar-refractivity contribution in [2.75, 3.05) is 24.9 Å². The summed E-state index contributed by atoms with van der Waals surface area (Å²) < 4.78 is 43.3. The molecular formula is C31H39FN4O4S. The molecular weight excluding hydrogens is 543 g/mol. The Balaban J connectivity index is 2.12. The van der Waals surface area contributed by atoms with E-state index >= 15 is 0 Å². The Morgan fingerprint density at radius 3 is 2.15 bits per heavy atom. The van der Waals surface area contributed by atoms with Crippen LogP contribution in [0, 0.1) is 12.7 Å². The highest BCUT2D eigenvalue weighted by atomic mass is 32.2. The van der Waals surface area contributed by atoms with Crippen LogP contribution in [0.3, 0.4) is 0 Å². The summed E-state index contributed by atoms with van der Waals surface area (Å²) in [5.74, 6) is -1.77. The van der Waals surface area contributed by atoms with Gasteiger partial charge in [-0.05, 0) is 49.1 Å². The van der Waals surface area contributed by atoms with E-state index in [1.54, 1.807) is 0 Å². The number of hydrogen-bond acceptors (Lipinski definition) is 4. The smallest absolute Gasteiger partial charge is 0.304 e. The fourth-order valence-electron chi connectivity index (χ4n) is 4.32. The molecule has 220 valence electrons. The fourth-order valence-corrected chi connectivity index (χ4v) is 5.39. The third kappa shape index (κ3) is 8.14. The number of amides is 2. The Labute approximate surface area is 243 Å². The lowest BCUT2D eigenvalue weighted by atomic mass is 10.0. The molecule has 1 N–H and O–H groups in total. The van der Waals surface area contributed by atoms with Gasteiger partial charge in [-0.15, -0.1) is 0 Å². The van der Waals surface area contributed by atoms with E-state index in [2.05, 4.69) is 5.32 Å². The van der Waals surface area contributed by atoms with Crippen LogP contribution in [0.1, 0.15) is 37.0 Å². The van der Waals surface area contributed by atoms with Crippen LogP contribution in [0.5, 0.6) is 0 Å². The second-order valence-corrected chi connectivity index (χ2v) is 12.3. The Morgan fingerprint density at radius 1 is 0.927 bits per heavy atom. The molecule has 8 nitrogen and oxygen atoms in total. The van der Waals surface area contributed by atoms with Crippen molar-refractivity contribution in [3.8, 4) is 0 Å². The highest BCUT2D eigenvalue weighted by Gasteiger charge is 2.35. The highest BCUT2D eigenvalue weighted by Crippen LogP contribution is 2.25. The van der Waals surface area contributed by atoms with Gasteiger partial charge in [0.1, 0.15) is 18.4 Å². The SMILES string of the molecule is CC[C@@H](C)NC(=O)[C@H](Cc1ccccc1)N(Cc1ccccc1C)C(=O)CN(c1ccccc1F)S(=O)(=O)N(C)C. The maximum absolute atomic E-state index is 14.9. The molecule has 0 aliphatic rings. The van der Waals surface area contributed by atoms with E-state index in [1.165, 1.54) is 37.2 Å². The summed E-state index contributed by atoms with van der Waals surface area (Å²) in [7, 11) is -1.64. The zero-order valence-corrected chi connectivity index (χ0v) is 25.1. The molecule has 2 atom stereocenters. The molecule has 0 bridgehead atoms. The van der Waals surface area contributed by atoms with E-state index < -0.39 is 34.5 Å². The first kappa shape index (κ1) is 31.8. The summed E-state index contributed by atoms with van der Waals surface area (Å²) in [6.07, 6.45) is 0.901. The number of halogens is 1. The number of benzene rings is 3. The van der Waals surface area contributed by atoms with Gasteiger partial charge < -0.3 is 10.2 Å². The van der Waals surface area contributed by atoms with Crippen LogP contribution in [0.4, 0.5) is 10.1 Å². The van der Waals surface area contributed by atoms with Crippen molar-refractivity contribution in [2.45, 2.75) is 52.2 Å². The maximum atomic E-state index is 14.9. The maximum Gasteiger partial charge on any atom is 0.304 e.